The SMILES string of the molecule is C/C(=C/C=C/C(C)=C/C(=O)O)c1c(-c2ccccc2)oc2ccccc12. The average molecular weight is 344 g/mol. The number of allylic oxidation sites excluding steroid dienone is 5. The summed E-state index contributed by atoms with van der Waals surface area (Å²) in [5.41, 5.74) is 4.66. The van der Waals surface area contributed by atoms with E-state index in [1.165, 1.54) is 6.08 Å². The topological polar surface area (TPSA) is 50.4 Å². The van der Waals surface area contributed by atoms with Gasteiger partial charge in [-0.2, -0.15) is 0 Å². The Hall–Kier alpha value is -3.33. The molecule has 130 valence electrons. The summed E-state index contributed by atoms with van der Waals surface area (Å²) < 4.78 is 6.13. The zero-order chi connectivity index (χ0) is 18.5. The van der Waals surface area contributed by atoms with Crippen molar-refractivity contribution in [3.05, 3.63) is 90.0 Å². The number of rotatable bonds is 5. The molecule has 1 aromatic heterocycles. The molecule has 0 unspecified atom stereocenters. The first-order valence-electron chi connectivity index (χ1n) is 8.40. The molecule has 0 spiro atoms. The lowest BCUT2D eigenvalue weighted by molar-refractivity contribution is -0.131. The lowest BCUT2D eigenvalue weighted by atomic mass is 9.99. The maximum absolute atomic E-state index is 10.7. The average Bonchev–Trinajstić information content (AvgIpc) is 3.01. The molecule has 0 saturated carbocycles. The van der Waals surface area contributed by atoms with Crippen LogP contribution in [0, 0.1) is 0 Å². The van der Waals surface area contributed by atoms with Gasteiger partial charge >= 0.3 is 5.97 Å². The van der Waals surface area contributed by atoms with Crippen molar-refractivity contribution < 1.29 is 14.3 Å². The van der Waals surface area contributed by atoms with Gasteiger partial charge in [-0.3, -0.25) is 0 Å². The van der Waals surface area contributed by atoms with E-state index in [2.05, 4.69) is 6.07 Å². The number of hydrogen-bond donors (Lipinski definition) is 1. The highest BCUT2D eigenvalue weighted by Crippen LogP contribution is 2.37. The van der Waals surface area contributed by atoms with Gasteiger partial charge in [0, 0.05) is 22.6 Å². The number of furan rings is 1. The third-order valence-corrected chi connectivity index (χ3v) is 4.08. The van der Waals surface area contributed by atoms with E-state index in [-0.39, 0.29) is 0 Å². The van der Waals surface area contributed by atoms with Gasteiger partial charge in [0.05, 0.1) is 0 Å². The Morgan fingerprint density at radius 3 is 2.42 bits per heavy atom. The summed E-state index contributed by atoms with van der Waals surface area (Å²) >= 11 is 0. The third-order valence-electron chi connectivity index (χ3n) is 4.08. The summed E-state index contributed by atoms with van der Waals surface area (Å²) in [4.78, 5) is 10.7. The Bertz CT molecular complexity index is 1020. The Morgan fingerprint density at radius 1 is 1.00 bits per heavy atom. The van der Waals surface area contributed by atoms with Crippen molar-refractivity contribution >= 4 is 22.5 Å². The first-order valence-corrected chi connectivity index (χ1v) is 8.40. The standard InChI is InChI=1S/C23H20O3/c1-16(15-21(24)25)9-8-10-17(2)22-19-13-6-7-14-20(19)26-23(22)18-11-4-3-5-12-18/h3-15H,1-2H3,(H,24,25)/b9-8+,16-15+,17-10-. The normalized spacial score (nSPS) is 12.8. The van der Waals surface area contributed by atoms with E-state index in [0.717, 1.165) is 33.4 Å². The number of fused-ring (bicyclic) bond motifs is 1. The fourth-order valence-electron chi connectivity index (χ4n) is 2.90. The third kappa shape index (κ3) is 3.83. The first kappa shape index (κ1) is 17.5. The number of hydrogen-bond acceptors (Lipinski definition) is 2. The minimum atomic E-state index is -0.944. The molecule has 0 bridgehead atoms. The van der Waals surface area contributed by atoms with Crippen molar-refractivity contribution in [2.24, 2.45) is 0 Å². The van der Waals surface area contributed by atoms with Crippen molar-refractivity contribution in [2.45, 2.75) is 13.8 Å². The molecule has 0 radical (unpaired) electrons. The van der Waals surface area contributed by atoms with Gasteiger partial charge in [-0.15, -0.1) is 0 Å². The predicted molar refractivity (Wildman–Crippen MR) is 106 cm³/mol. The second kappa shape index (κ2) is 7.70. The lowest BCUT2D eigenvalue weighted by Gasteiger charge is -2.03. The van der Waals surface area contributed by atoms with Crippen molar-refractivity contribution in [2.75, 3.05) is 0 Å². The van der Waals surface area contributed by atoms with E-state index >= 15 is 0 Å². The molecule has 0 atom stereocenters. The van der Waals surface area contributed by atoms with E-state index in [9.17, 15) is 4.79 Å². The molecule has 1 N–H and O–H groups in total. The molecule has 3 heteroatoms. The van der Waals surface area contributed by atoms with E-state index in [1.807, 2.05) is 67.6 Å². The Kier molecular flexibility index (Phi) is 5.18. The van der Waals surface area contributed by atoms with Crippen LogP contribution in [0.5, 0.6) is 0 Å². The number of carbonyl (C=O) groups is 1. The monoisotopic (exact) mass is 344 g/mol. The maximum Gasteiger partial charge on any atom is 0.328 e. The number of carboxylic acid groups (broad SMARTS) is 1. The summed E-state index contributed by atoms with van der Waals surface area (Å²) in [5, 5.41) is 9.85. The van der Waals surface area contributed by atoms with E-state index in [4.69, 9.17) is 9.52 Å². The quantitative estimate of drug-likeness (QED) is 0.450. The van der Waals surface area contributed by atoms with E-state index in [1.54, 1.807) is 13.0 Å². The molecule has 0 aliphatic rings. The lowest BCUT2D eigenvalue weighted by Crippen LogP contribution is -1.87. The van der Waals surface area contributed by atoms with Crippen LogP contribution in [-0.4, -0.2) is 11.1 Å². The van der Waals surface area contributed by atoms with Gasteiger partial charge in [0.1, 0.15) is 11.3 Å². The van der Waals surface area contributed by atoms with Gasteiger partial charge in [0.15, 0.2) is 0 Å². The van der Waals surface area contributed by atoms with Crippen molar-refractivity contribution in [1.82, 2.24) is 0 Å². The number of aliphatic carboxylic acids is 1. The molecule has 0 amide bonds. The zero-order valence-corrected chi connectivity index (χ0v) is 14.8. The second-order valence-electron chi connectivity index (χ2n) is 6.10. The van der Waals surface area contributed by atoms with Crippen LogP contribution in [-0.2, 0) is 4.79 Å². The van der Waals surface area contributed by atoms with Crippen LogP contribution in [0.15, 0.2) is 88.9 Å². The highest BCUT2D eigenvalue weighted by molar-refractivity contribution is 5.97. The molecule has 1 heterocycles. The number of carboxylic acids is 1. The van der Waals surface area contributed by atoms with Gasteiger partial charge in [-0.25, -0.2) is 4.79 Å². The van der Waals surface area contributed by atoms with Crippen LogP contribution in [0.1, 0.15) is 19.4 Å². The molecular weight excluding hydrogens is 324 g/mol. The maximum atomic E-state index is 10.7. The van der Waals surface area contributed by atoms with Gasteiger partial charge in [-0.1, -0.05) is 66.8 Å². The van der Waals surface area contributed by atoms with Crippen LogP contribution in [0.2, 0.25) is 0 Å². The molecular formula is C23H20O3. The first-order chi connectivity index (χ1) is 12.6. The van der Waals surface area contributed by atoms with Crippen molar-refractivity contribution in [3.63, 3.8) is 0 Å². The molecule has 3 nitrogen and oxygen atoms in total. The molecule has 3 rings (SSSR count). The predicted octanol–water partition coefficient (Wildman–Crippen LogP) is 6.09. The van der Waals surface area contributed by atoms with Crippen LogP contribution in [0.25, 0.3) is 27.9 Å². The largest absolute Gasteiger partial charge is 0.478 e. The molecule has 3 aromatic rings. The second-order valence-corrected chi connectivity index (χ2v) is 6.10. The highest BCUT2D eigenvalue weighted by Gasteiger charge is 2.16. The smallest absolute Gasteiger partial charge is 0.328 e. The minimum Gasteiger partial charge on any atom is -0.478 e. The summed E-state index contributed by atoms with van der Waals surface area (Å²) in [6, 6.07) is 18.0. The summed E-state index contributed by atoms with van der Waals surface area (Å²) in [6.07, 6.45) is 6.80. The fraction of sp³-hybridized carbons (Fsp3) is 0.0870. The van der Waals surface area contributed by atoms with Gasteiger partial charge in [0.2, 0.25) is 0 Å². The van der Waals surface area contributed by atoms with Gasteiger partial charge < -0.3 is 9.52 Å². The summed E-state index contributed by atoms with van der Waals surface area (Å²) in [5.74, 6) is -0.105. The van der Waals surface area contributed by atoms with E-state index < -0.39 is 5.97 Å². The van der Waals surface area contributed by atoms with Crippen molar-refractivity contribution in [3.8, 4) is 11.3 Å². The molecule has 0 saturated heterocycles. The summed E-state index contributed by atoms with van der Waals surface area (Å²) in [6.45, 7) is 3.79. The molecule has 26 heavy (non-hydrogen) atoms. The van der Waals surface area contributed by atoms with Crippen molar-refractivity contribution in [1.29, 1.82) is 0 Å². The number of para-hydroxylation sites is 1. The zero-order valence-electron chi connectivity index (χ0n) is 14.8. The molecule has 2 aromatic carbocycles. The fourth-order valence-corrected chi connectivity index (χ4v) is 2.90. The van der Waals surface area contributed by atoms with Crippen LogP contribution in [0.4, 0.5) is 0 Å². The van der Waals surface area contributed by atoms with Crippen LogP contribution < -0.4 is 0 Å². The Morgan fingerprint density at radius 2 is 1.69 bits per heavy atom. The van der Waals surface area contributed by atoms with Gasteiger partial charge in [0.25, 0.3) is 0 Å². The van der Waals surface area contributed by atoms with Crippen LogP contribution >= 0.6 is 0 Å². The Labute approximate surface area is 152 Å². The summed E-state index contributed by atoms with van der Waals surface area (Å²) in [7, 11) is 0. The highest BCUT2D eigenvalue weighted by atomic mass is 16.4. The van der Waals surface area contributed by atoms with E-state index in [0.29, 0.717) is 5.57 Å². The molecule has 0 aliphatic carbocycles. The number of benzene rings is 2. The molecule has 0 aliphatic heterocycles. The minimum absolute atomic E-state index is 0.682. The van der Waals surface area contributed by atoms with Crippen LogP contribution in [0.3, 0.4) is 0 Å². The Balaban J connectivity index is 2.07. The molecule has 0 fully saturated rings. The van der Waals surface area contributed by atoms with Gasteiger partial charge in [-0.05, 0) is 31.1 Å².